The number of hydrogen-bond donors (Lipinski definition) is 1. The van der Waals surface area contributed by atoms with E-state index in [1.807, 2.05) is 6.92 Å². The average molecular weight is 346 g/mol. The third kappa shape index (κ3) is 3.20. The highest BCUT2D eigenvalue weighted by molar-refractivity contribution is 7.90. The molecule has 0 aliphatic rings. The quantitative estimate of drug-likeness (QED) is 0.793. The number of phenols is 1. The summed E-state index contributed by atoms with van der Waals surface area (Å²) in [5, 5.41) is 11.7. The van der Waals surface area contributed by atoms with Crippen molar-refractivity contribution in [2.45, 2.75) is 11.8 Å². The molecule has 7 heteroatoms. The molecule has 1 heterocycles. The van der Waals surface area contributed by atoms with Crippen LogP contribution >= 0.6 is 11.3 Å². The zero-order valence-corrected chi connectivity index (χ0v) is 13.9. The van der Waals surface area contributed by atoms with Gasteiger partial charge in [-0.05, 0) is 31.2 Å². The maximum Gasteiger partial charge on any atom is 0.285 e. The molecule has 1 aromatic heterocycles. The highest BCUT2D eigenvalue weighted by Gasteiger charge is 2.13. The molecule has 0 fully saturated rings. The number of aromatic hydroxyl groups is 1. The first-order valence-corrected chi connectivity index (χ1v) is 9.11. The lowest BCUT2D eigenvalue weighted by Gasteiger charge is -2.05. The average Bonchev–Trinajstić information content (AvgIpc) is 2.95. The van der Waals surface area contributed by atoms with Crippen LogP contribution in [0.5, 0.6) is 5.75 Å². The van der Waals surface area contributed by atoms with Crippen molar-refractivity contribution < 1.29 is 13.5 Å². The van der Waals surface area contributed by atoms with Crippen molar-refractivity contribution in [2.24, 2.45) is 4.40 Å². The van der Waals surface area contributed by atoms with Crippen molar-refractivity contribution in [1.82, 2.24) is 4.57 Å². The number of rotatable bonds is 3. The number of thiazole rings is 1. The summed E-state index contributed by atoms with van der Waals surface area (Å²) in [6.45, 7) is 1.89. The van der Waals surface area contributed by atoms with Crippen LogP contribution in [0.4, 0.5) is 0 Å². The third-order valence-electron chi connectivity index (χ3n) is 3.25. The first kappa shape index (κ1) is 15.5. The minimum atomic E-state index is -3.81. The fraction of sp³-hybridized carbons (Fsp3) is 0.0625. The number of phenolic OH excluding ortho intramolecular Hbond substituents is 1. The second-order valence-electron chi connectivity index (χ2n) is 4.92. The van der Waals surface area contributed by atoms with Crippen LogP contribution in [0, 0.1) is 6.92 Å². The predicted molar refractivity (Wildman–Crippen MR) is 89.2 cm³/mol. The largest absolute Gasteiger partial charge is 0.506 e. The Balaban J connectivity index is 2.13. The Morgan fingerprint density at radius 3 is 2.48 bits per heavy atom. The van der Waals surface area contributed by atoms with E-state index in [1.165, 1.54) is 29.5 Å². The van der Waals surface area contributed by atoms with Gasteiger partial charge in [0.1, 0.15) is 5.75 Å². The highest BCUT2D eigenvalue weighted by atomic mass is 32.2. The molecule has 0 amide bonds. The molecule has 0 radical (unpaired) electrons. The molecule has 0 aliphatic heterocycles. The minimum absolute atomic E-state index is 0.0556. The number of aromatic nitrogens is 1. The highest BCUT2D eigenvalue weighted by Crippen LogP contribution is 2.20. The second-order valence-corrected chi connectivity index (χ2v) is 7.40. The van der Waals surface area contributed by atoms with E-state index in [4.69, 9.17) is 0 Å². The molecule has 3 aromatic rings. The molecule has 0 saturated heterocycles. The number of sulfonamides is 1. The SMILES string of the molecule is Cc1ccc(S(=O)(=O)/N=c2/sccn2-c2ccccc2O)cc1. The van der Waals surface area contributed by atoms with E-state index in [0.29, 0.717) is 5.69 Å². The number of aryl methyl sites for hydroxylation is 1. The van der Waals surface area contributed by atoms with Crippen LogP contribution in [0.15, 0.2) is 69.4 Å². The van der Waals surface area contributed by atoms with Crippen LogP contribution in [0.25, 0.3) is 5.69 Å². The monoisotopic (exact) mass is 346 g/mol. The van der Waals surface area contributed by atoms with Crippen molar-refractivity contribution in [3.8, 4) is 11.4 Å². The molecule has 1 N–H and O–H groups in total. The molecule has 118 valence electrons. The third-order valence-corrected chi connectivity index (χ3v) is 5.40. The van der Waals surface area contributed by atoms with Crippen molar-refractivity contribution in [3.05, 3.63) is 70.5 Å². The van der Waals surface area contributed by atoms with Crippen LogP contribution in [-0.2, 0) is 10.0 Å². The van der Waals surface area contributed by atoms with Gasteiger partial charge in [0.05, 0.1) is 10.6 Å². The van der Waals surface area contributed by atoms with E-state index in [9.17, 15) is 13.5 Å². The van der Waals surface area contributed by atoms with Crippen LogP contribution in [0.3, 0.4) is 0 Å². The number of nitrogens with zero attached hydrogens (tertiary/aromatic N) is 2. The molecule has 0 spiro atoms. The van der Waals surface area contributed by atoms with E-state index < -0.39 is 10.0 Å². The summed E-state index contributed by atoms with van der Waals surface area (Å²) in [4.78, 5) is 0.410. The van der Waals surface area contributed by atoms with Crippen LogP contribution in [0.1, 0.15) is 5.56 Å². The van der Waals surface area contributed by atoms with Crippen molar-refractivity contribution in [2.75, 3.05) is 0 Å². The van der Waals surface area contributed by atoms with E-state index in [2.05, 4.69) is 4.40 Å². The van der Waals surface area contributed by atoms with E-state index in [-0.39, 0.29) is 15.4 Å². The fourth-order valence-electron chi connectivity index (χ4n) is 2.06. The summed E-state index contributed by atoms with van der Waals surface area (Å²) < 4.78 is 30.3. The molecule has 0 bridgehead atoms. The normalized spacial score (nSPS) is 12.5. The lowest BCUT2D eigenvalue weighted by molar-refractivity contribution is 0.472. The van der Waals surface area contributed by atoms with Crippen molar-refractivity contribution >= 4 is 21.4 Å². The molecule has 0 saturated carbocycles. The van der Waals surface area contributed by atoms with Crippen LogP contribution in [0.2, 0.25) is 0 Å². The van der Waals surface area contributed by atoms with Crippen LogP contribution in [-0.4, -0.2) is 18.1 Å². The molecule has 5 nitrogen and oxygen atoms in total. The van der Waals surface area contributed by atoms with E-state index in [0.717, 1.165) is 5.56 Å². The van der Waals surface area contributed by atoms with E-state index >= 15 is 0 Å². The lowest BCUT2D eigenvalue weighted by Crippen LogP contribution is -2.15. The summed E-state index contributed by atoms with van der Waals surface area (Å²) in [6, 6.07) is 13.2. The van der Waals surface area contributed by atoms with Gasteiger partial charge in [0.2, 0.25) is 4.80 Å². The Bertz CT molecular complexity index is 1000. The maximum absolute atomic E-state index is 12.4. The van der Waals surface area contributed by atoms with Gasteiger partial charge in [-0.1, -0.05) is 29.8 Å². The second kappa shape index (κ2) is 6.02. The molecular formula is C16H14N2O3S2. The van der Waals surface area contributed by atoms with Crippen molar-refractivity contribution in [3.63, 3.8) is 0 Å². The molecule has 2 aromatic carbocycles. The number of hydrogen-bond acceptors (Lipinski definition) is 4. The van der Waals surface area contributed by atoms with E-state index in [1.54, 1.807) is 46.5 Å². The van der Waals surface area contributed by atoms with Gasteiger partial charge in [-0.25, -0.2) is 0 Å². The Labute approximate surface area is 137 Å². The zero-order chi connectivity index (χ0) is 16.4. The summed E-state index contributed by atoms with van der Waals surface area (Å²) in [7, 11) is -3.81. The molecule has 0 atom stereocenters. The Kier molecular flexibility index (Phi) is 4.06. The van der Waals surface area contributed by atoms with Crippen LogP contribution < -0.4 is 4.80 Å². The van der Waals surface area contributed by atoms with Crippen molar-refractivity contribution in [1.29, 1.82) is 0 Å². The number of benzene rings is 2. The minimum Gasteiger partial charge on any atom is -0.506 e. The van der Waals surface area contributed by atoms with Gasteiger partial charge in [0.25, 0.3) is 10.0 Å². The smallest absolute Gasteiger partial charge is 0.285 e. The predicted octanol–water partition coefficient (Wildman–Crippen LogP) is 2.84. The summed E-state index contributed by atoms with van der Waals surface area (Å²) in [6.07, 6.45) is 1.67. The molecule has 0 aliphatic carbocycles. The first-order valence-electron chi connectivity index (χ1n) is 6.79. The van der Waals surface area contributed by atoms with Gasteiger partial charge in [0, 0.05) is 11.6 Å². The van der Waals surface area contributed by atoms with Gasteiger partial charge < -0.3 is 5.11 Å². The standard InChI is InChI=1S/C16H14N2O3S2/c1-12-6-8-13(9-7-12)23(20,21)17-16-18(10-11-22-16)14-4-2-3-5-15(14)19/h2-11,19H,1H3/b17-16+. The van der Waals surface area contributed by atoms with Gasteiger partial charge in [-0.15, -0.1) is 15.7 Å². The molecule has 23 heavy (non-hydrogen) atoms. The first-order chi connectivity index (χ1) is 11.0. The summed E-state index contributed by atoms with van der Waals surface area (Å²) in [5.74, 6) is 0.0556. The molecule has 0 unspecified atom stereocenters. The zero-order valence-electron chi connectivity index (χ0n) is 12.2. The van der Waals surface area contributed by atoms with Gasteiger partial charge in [0.15, 0.2) is 0 Å². The van der Waals surface area contributed by atoms with Gasteiger partial charge in [-0.2, -0.15) is 8.42 Å². The summed E-state index contributed by atoms with van der Waals surface area (Å²) in [5.41, 5.74) is 1.45. The molecule has 3 rings (SSSR count). The van der Waals surface area contributed by atoms with Gasteiger partial charge in [-0.3, -0.25) is 4.57 Å². The Hall–Kier alpha value is -2.38. The number of para-hydroxylation sites is 2. The lowest BCUT2D eigenvalue weighted by atomic mass is 10.2. The molecular weight excluding hydrogens is 332 g/mol. The fourth-order valence-corrected chi connectivity index (χ4v) is 3.98. The topological polar surface area (TPSA) is 71.7 Å². The summed E-state index contributed by atoms with van der Waals surface area (Å²) >= 11 is 1.18. The van der Waals surface area contributed by atoms with Gasteiger partial charge >= 0.3 is 0 Å². The maximum atomic E-state index is 12.4. The Morgan fingerprint density at radius 2 is 1.78 bits per heavy atom. The Morgan fingerprint density at radius 1 is 1.09 bits per heavy atom.